The Hall–Kier alpha value is -2.76. The van der Waals surface area contributed by atoms with Crippen molar-refractivity contribution in [2.24, 2.45) is 0 Å². The van der Waals surface area contributed by atoms with Gasteiger partial charge in [-0.3, -0.25) is 9.78 Å². The van der Waals surface area contributed by atoms with Crippen molar-refractivity contribution >= 4 is 17.3 Å². The monoisotopic (exact) mass is 285 g/mol. The molecule has 0 atom stereocenters. The Bertz CT molecular complexity index is 659. The molecule has 1 aliphatic rings. The number of amides is 1. The zero-order valence-electron chi connectivity index (χ0n) is 11.3. The summed E-state index contributed by atoms with van der Waals surface area (Å²) in [5, 5.41) is 2.76. The van der Waals surface area contributed by atoms with Crippen molar-refractivity contribution in [3.63, 3.8) is 0 Å². The van der Waals surface area contributed by atoms with Crippen molar-refractivity contribution in [2.75, 3.05) is 24.3 Å². The molecule has 1 aromatic carbocycles. The molecule has 1 aliphatic heterocycles. The fourth-order valence-corrected chi connectivity index (χ4v) is 2.02. The third-order valence-electron chi connectivity index (χ3n) is 3.09. The maximum Gasteiger partial charge on any atom is 0.257 e. The number of carbonyl (C=O) groups excluding carboxylic acids is 1. The molecule has 1 aromatic heterocycles. The second-order valence-corrected chi connectivity index (χ2v) is 4.63. The molecule has 1 amide bonds. The topological polar surface area (TPSA) is 86.5 Å². The van der Waals surface area contributed by atoms with E-state index in [1.54, 1.807) is 30.5 Å². The SMILES string of the molecule is Nc1cc2c(cc1NC(=O)c1cccnc1)OCCCO2. The van der Waals surface area contributed by atoms with Crippen LogP contribution in [0, 0.1) is 0 Å². The van der Waals surface area contributed by atoms with Crippen molar-refractivity contribution in [1.82, 2.24) is 4.98 Å². The van der Waals surface area contributed by atoms with Crippen LogP contribution in [0.25, 0.3) is 0 Å². The van der Waals surface area contributed by atoms with Gasteiger partial charge in [-0.2, -0.15) is 0 Å². The first-order chi connectivity index (χ1) is 10.2. The second kappa shape index (κ2) is 5.70. The van der Waals surface area contributed by atoms with Crippen LogP contribution in [0.15, 0.2) is 36.7 Å². The Morgan fingerprint density at radius 3 is 2.71 bits per heavy atom. The van der Waals surface area contributed by atoms with Crippen molar-refractivity contribution < 1.29 is 14.3 Å². The Morgan fingerprint density at radius 1 is 1.24 bits per heavy atom. The van der Waals surface area contributed by atoms with E-state index in [4.69, 9.17) is 15.2 Å². The number of fused-ring (bicyclic) bond motifs is 1. The molecule has 2 aromatic rings. The number of anilines is 2. The van der Waals surface area contributed by atoms with Gasteiger partial charge in [0.15, 0.2) is 11.5 Å². The Morgan fingerprint density at radius 2 is 2.00 bits per heavy atom. The van der Waals surface area contributed by atoms with Crippen molar-refractivity contribution in [2.45, 2.75) is 6.42 Å². The molecule has 0 spiro atoms. The number of nitrogens with two attached hydrogens (primary N) is 1. The predicted molar refractivity (Wildman–Crippen MR) is 78.7 cm³/mol. The van der Waals surface area contributed by atoms with Gasteiger partial charge in [-0.05, 0) is 12.1 Å². The molecular weight excluding hydrogens is 270 g/mol. The van der Waals surface area contributed by atoms with Crippen LogP contribution < -0.4 is 20.5 Å². The molecule has 6 nitrogen and oxygen atoms in total. The van der Waals surface area contributed by atoms with E-state index in [0.29, 0.717) is 41.7 Å². The summed E-state index contributed by atoms with van der Waals surface area (Å²) < 4.78 is 11.1. The van der Waals surface area contributed by atoms with Gasteiger partial charge in [0.25, 0.3) is 5.91 Å². The summed E-state index contributed by atoms with van der Waals surface area (Å²) in [5.41, 5.74) is 7.34. The highest BCUT2D eigenvalue weighted by Gasteiger charge is 2.15. The van der Waals surface area contributed by atoms with Crippen LogP contribution in [0.1, 0.15) is 16.8 Å². The van der Waals surface area contributed by atoms with E-state index >= 15 is 0 Å². The average molecular weight is 285 g/mol. The van der Waals surface area contributed by atoms with Gasteiger partial charge in [0.05, 0.1) is 30.2 Å². The number of hydrogen-bond donors (Lipinski definition) is 2. The molecule has 2 heterocycles. The minimum absolute atomic E-state index is 0.274. The Labute approximate surface area is 121 Å². The van der Waals surface area contributed by atoms with Gasteiger partial charge in [-0.25, -0.2) is 0 Å². The highest BCUT2D eigenvalue weighted by Crippen LogP contribution is 2.36. The minimum atomic E-state index is -0.274. The van der Waals surface area contributed by atoms with E-state index in [9.17, 15) is 4.79 Å². The van der Waals surface area contributed by atoms with Crippen LogP contribution >= 0.6 is 0 Å². The molecule has 0 fully saturated rings. The Balaban J connectivity index is 1.86. The highest BCUT2D eigenvalue weighted by molar-refractivity contribution is 6.05. The molecule has 3 N–H and O–H groups in total. The molecule has 0 saturated heterocycles. The maximum absolute atomic E-state index is 12.1. The number of rotatable bonds is 2. The second-order valence-electron chi connectivity index (χ2n) is 4.63. The van der Waals surface area contributed by atoms with Crippen LogP contribution in [-0.2, 0) is 0 Å². The lowest BCUT2D eigenvalue weighted by molar-refractivity contribution is 0.102. The van der Waals surface area contributed by atoms with Crippen LogP contribution in [0.4, 0.5) is 11.4 Å². The van der Waals surface area contributed by atoms with E-state index in [0.717, 1.165) is 6.42 Å². The van der Waals surface area contributed by atoms with Gasteiger partial charge >= 0.3 is 0 Å². The quantitative estimate of drug-likeness (QED) is 0.825. The molecule has 3 rings (SSSR count). The fraction of sp³-hybridized carbons (Fsp3) is 0.200. The number of nitrogen functional groups attached to an aromatic ring is 1. The summed E-state index contributed by atoms with van der Waals surface area (Å²) in [6.45, 7) is 1.17. The summed E-state index contributed by atoms with van der Waals surface area (Å²) in [6.07, 6.45) is 3.92. The summed E-state index contributed by atoms with van der Waals surface area (Å²) in [4.78, 5) is 16.0. The summed E-state index contributed by atoms with van der Waals surface area (Å²) in [6, 6.07) is 6.73. The number of aromatic nitrogens is 1. The van der Waals surface area contributed by atoms with Crippen LogP contribution in [-0.4, -0.2) is 24.1 Å². The molecule has 0 unspecified atom stereocenters. The van der Waals surface area contributed by atoms with E-state index in [1.165, 1.54) is 6.20 Å². The predicted octanol–water partition coefficient (Wildman–Crippen LogP) is 2.08. The number of carbonyl (C=O) groups is 1. The largest absolute Gasteiger partial charge is 0.489 e. The molecule has 0 radical (unpaired) electrons. The lowest BCUT2D eigenvalue weighted by Gasteiger charge is -2.13. The number of nitrogens with one attached hydrogen (secondary N) is 1. The Kier molecular flexibility index (Phi) is 3.59. The summed E-state index contributed by atoms with van der Waals surface area (Å²) >= 11 is 0. The van der Waals surface area contributed by atoms with Crippen LogP contribution in [0.5, 0.6) is 11.5 Å². The molecular formula is C15H15N3O3. The lowest BCUT2D eigenvalue weighted by Crippen LogP contribution is -2.13. The zero-order valence-corrected chi connectivity index (χ0v) is 11.3. The average Bonchev–Trinajstić information content (AvgIpc) is 2.73. The maximum atomic E-state index is 12.1. The fourth-order valence-electron chi connectivity index (χ4n) is 2.02. The van der Waals surface area contributed by atoms with E-state index in [1.807, 2.05) is 0 Å². The first-order valence-electron chi connectivity index (χ1n) is 6.64. The normalized spacial score (nSPS) is 13.3. The van der Waals surface area contributed by atoms with Gasteiger partial charge in [-0.15, -0.1) is 0 Å². The molecule has 0 saturated carbocycles. The van der Waals surface area contributed by atoms with Crippen LogP contribution in [0.2, 0.25) is 0 Å². The summed E-state index contributed by atoms with van der Waals surface area (Å²) in [5.74, 6) is 0.914. The minimum Gasteiger partial charge on any atom is -0.489 e. The smallest absolute Gasteiger partial charge is 0.257 e. The third kappa shape index (κ3) is 2.89. The first kappa shape index (κ1) is 13.2. The number of ether oxygens (including phenoxy) is 2. The highest BCUT2D eigenvalue weighted by atomic mass is 16.5. The standard InChI is InChI=1S/C15H15N3O3/c16-11-7-13-14(21-6-2-5-20-13)8-12(11)18-15(19)10-3-1-4-17-9-10/h1,3-4,7-9H,2,5-6,16H2,(H,18,19). The lowest BCUT2D eigenvalue weighted by atomic mass is 10.2. The van der Waals surface area contributed by atoms with Gasteiger partial charge in [0.2, 0.25) is 0 Å². The van der Waals surface area contributed by atoms with Crippen LogP contribution in [0.3, 0.4) is 0 Å². The number of hydrogen-bond acceptors (Lipinski definition) is 5. The van der Waals surface area contributed by atoms with E-state index in [-0.39, 0.29) is 5.91 Å². The molecule has 108 valence electrons. The number of nitrogens with zero attached hydrogens (tertiary/aromatic N) is 1. The molecule has 21 heavy (non-hydrogen) atoms. The summed E-state index contributed by atoms with van der Waals surface area (Å²) in [7, 11) is 0. The van der Waals surface area contributed by atoms with Crippen molar-refractivity contribution in [3.05, 3.63) is 42.2 Å². The number of pyridine rings is 1. The van der Waals surface area contributed by atoms with Gasteiger partial charge in [-0.1, -0.05) is 0 Å². The molecule has 0 bridgehead atoms. The van der Waals surface area contributed by atoms with Gasteiger partial charge in [0.1, 0.15) is 0 Å². The van der Waals surface area contributed by atoms with Gasteiger partial charge in [0, 0.05) is 30.9 Å². The first-order valence-corrected chi connectivity index (χ1v) is 6.64. The van der Waals surface area contributed by atoms with E-state index < -0.39 is 0 Å². The third-order valence-corrected chi connectivity index (χ3v) is 3.09. The molecule has 0 aliphatic carbocycles. The van der Waals surface area contributed by atoms with Gasteiger partial charge < -0.3 is 20.5 Å². The van der Waals surface area contributed by atoms with Crippen molar-refractivity contribution in [3.8, 4) is 11.5 Å². The van der Waals surface area contributed by atoms with E-state index in [2.05, 4.69) is 10.3 Å². The van der Waals surface area contributed by atoms with Crippen molar-refractivity contribution in [1.29, 1.82) is 0 Å². The number of benzene rings is 1. The molecule has 6 heteroatoms. The zero-order chi connectivity index (χ0) is 14.7.